The molecule has 0 aliphatic carbocycles. The van der Waals surface area contributed by atoms with Crippen molar-refractivity contribution in [2.75, 3.05) is 29.9 Å². The van der Waals surface area contributed by atoms with Crippen LogP contribution in [0.5, 0.6) is 0 Å². The molecule has 4 aromatic heterocycles. The van der Waals surface area contributed by atoms with Gasteiger partial charge < -0.3 is 15.5 Å². The number of aryl methyl sites for hydroxylation is 1. The van der Waals surface area contributed by atoms with Crippen LogP contribution in [0, 0.1) is 6.92 Å². The van der Waals surface area contributed by atoms with Crippen LogP contribution in [0.2, 0.25) is 0 Å². The van der Waals surface area contributed by atoms with E-state index in [1.54, 1.807) is 17.2 Å². The number of nitrogens with one attached hydrogen (secondary N) is 2. The third kappa shape index (κ3) is 4.67. The largest absolute Gasteiger partial charge is 0.351 e. The van der Waals surface area contributed by atoms with Crippen LogP contribution in [0.3, 0.4) is 0 Å². The first-order valence-electron chi connectivity index (χ1n) is 11.9. The molecule has 1 saturated heterocycles. The van der Waals surface area contributed by atoms with Crippen molar-refractivity contribution in [3.63, 3.8) is 0 Å². The van der Waals surface area contributed by atoms with Gasteiger partial charge in [0.15, 0.2) is 11.5 Å². The first-order chi connectivity index (χ1) is 17.1. The molecule has 0 spiro atoms. The number of piperazine rings is 1. The zero-order valence-corrected chi connectivity index (χ0v) is 21.0. The van der Waals surface area contributed by atoms with Crippen molar-refractivity contribution in [3.05, 3.63) is 78.0 Å². The topological polar surface area (TPSA) is 96.2 Å². The molecule has 2 N–H and O–H groups in total. The minimum absolute atomic E-state index is 0. The Morgan fingerprint density at radius 1 is 1.06 bits per heavy atom. The summed E-state index contributed by atoms with van der Waals surface area (Å²) in [5.74, 6) is 1.67. The Hall–Kier alpha value is -3.82. The minimum Gasteiger partial charge on any atom is -0.351 e. The summed E-state index contributed by atoms with van der Waals surface area (Å²) >= 11 is 0. The van der Waals surface area contributed by atoms with Crippen molar-refractivity contribution in [2.24, 2.45) is 0 Å². The van der Waals surface area contributed by atoms with Crippen LogP contribution >= 0.6 is 12.4 Å². The van der Waals surface area contributed by atoms with Crippen LogP contribution in [-0.4, -0.2) is 55.2 Å². The average molecular weight is 502 g/mol. The van der Waals surface area contributed by atoms with E-state index in [0.29, 0.717) is 11.9 Å². The lowest BCUT2D eigenvalue weighted by Crippen LogP contribution is -2.50. The van der Waals surface area contributed by atoms with E-state index >= 15 is 0 Å². The molecular formula is C26H28ClN9. The smallest absolute Gasteiger partial charge is 0.160 e. The highest BCUT2D eigenvalue weighted by atomic mass is 35.5. The second kappa shape index (κ2) is 10.0. The van der Waals surface area contributed by atoms with Crippen molar-refractivity contribution >= 4 is 46.4 Å². The molecule has 5 aromatic rings. The number of anilines is 3. The quantitative estimate of drug-likeness (QED) is 0.374. The second-order valence-corrected chi connectivity index (χ2v) is 9.05. The Bertz CT molecular complexity index is 1520. The van der Waals surface area contributed by atoms with Crippen molar-refractivity contribution < 1.29 is 0 Å². The van der Waals surface area contributed by atoms with E-state index in [9.17, 15) is 0 Å². The van der Waals surface area contributed by atoms with Crippen molar-refractivity contribution in [1.29, 1.82) is 0 Å². The standard InChI is InChI=1S/C26H27N9.ClH/c1-17-11-21(4-3-20(17)12-19-7-9-35-24(13-19)29-16-31-35)32-26-25-22(28-15-30-26)5-6-23(33-25)34-10-8-27-14-18(34)2;/h3-7,9,11,13,15-16,18,27H,8,10,12,14H2,1-2H3,(H,28,30,32);1H. The molecule has 184 valence electrons. The highest BCUT2D eigenvalue weighted by Crippen LogP contribution is 2.27. The minimum atomic E-state index is 0. The summed E-state index contributed by atoms with van der Waals surface area (Å²) < 4.78 is 1.78. The molecule has 9 nitrogen and oxygen atoms in total. The van der Waals surface area contributed by atoms with Gasteiger partial charge in [0, 0.05) is 37.6 Å². The summed E-state index contributed by atoms with van der Waals surface area (Å²) in [5, 5.41) is 11.1. The number of rotatable bonds is 5. The third-order valence-corrected chi connectivity index (χ3v) is 6.61. The highest BCUT2D eigenvalue weighted by molar-refractivity contribution is 5.88. The Labute approximate surface area is 215 Å². The first kappa shape index (κ1) is 23.9. The summed E-state index contributed by atoms with van der Waals surface area (Å²) in [4.78, 5) is 20.5. The molecule has 1 atom stereocenters. The Morgan fingerprint density at radius 3 is 2.83 bits per heavy atom. The molecule has 1 unspecified atom stereocenters. The zero-order chi connectivity index (χ0) is 23.8. The fourth-order valence-electron chi connectivity index (χ4n) is 4.66. The van der Waals surface area contributed by atoms with Gasteiger partial charge >= 0.3 is 0 Å². The van der Waals surface area contributed by atoms with Crippen molar-refractivity contribution in [1.82, 2.24) is 34.9 Å². The lowest BCUT2D eigenvalue weighted by molar-refractivity contribution is 0.497. The Morgan fingerprint density at radius 2 is 1.97 bits per heavy atom. The first-order valence-corrected chi connectivity index (χ1v) is 11.9. The monoisotopic (exact) mass is 501 g/mol. The molecule has 1 aliphatic rings. The SMILES string of the molecule is Cc1cc(Nc2ncnc3ccc(N4CCNCC4C)nc23)ccc1Cc1ccn2ncnc2c1.Cl. The van der Waals surface area contributed by atoms with E-state index in [2.05, 4.69) is 85.8 Å². The van der Waals surface area contributed by atoms with Gasteiger partial charge in [0.05, 0.1) is 5.52 Å². The molecule has 0 saturated carbocycles. The number of nitrogens with zero attached hydrogens (tertiary/aromatic N) is 7. The maximum atomic E-state index is 4.96. The van der Waals surface area contributed by atoms with E-state index in [1.807, 2.05) is 12.3 Å². The zero-order valence-electron chi connectivity index (χ0n) is 20.2. The number of hydrogen-bond donors (Lipinski definition) is 2. The van der Waals surface area contributed by atoms with E-state index < -0.39 is 0 Å². The normalized spacial score (nSPS) is 15.7. The lowest BCUT2D eigenvalue weighted by atomic mass is 10.0. The number of halogens is 1. The van der Waals surface area contributed by atoms with Crippen molar-refractivity contribution in [3.8, 4) is 0 Å². The van der Waals surface area contributed by atoms with Crippen LogP contribution in [0.25, 0.3) is 16.7 Å². The predicted octanol–water partition coefficient (Wildman–Crippen LogP) is 3.93. The molecule has 10 heteroatoms. The molecule has 0 bridgehead atoms. The predicted molar refractivity (Wildman–Crippen MR) is 145 cm³/mol. The maximum absolute atomic E-state index is 4.96. The molecule has 0 amide bonds. The number of aromatic nitrogens is 6. The molecule has 36 heavy (non-hydrogen) atoms. The Balaban J connectivity index is 0.00000267. The van der Waals surface area contributed by atoms with E-state index in [0.717, 1.165) is 54.2 Å². The van der Waals surface area contributed by atoms with Gasteiger partial charge in [-0.15, -0.1) is 12.4 Å². The number of benzene rings is 1. The second-order valence-electron chi connectivity index (χ2n) is 9.05. The molecule has 1 fully saturated rings. The molecule has 0 radical (unpaired) electrons. The Kier molecular flexibility index (Phi) is 6.67. The molecule has 6 rings (SSSR count). The van der Waals surface area contributed by atoms with Gasteiger partial charge in [0.25, 0.3) is 0 Å². The maximum Gasteiger partial charge on any atom is 0.160 e. The van der Waals surface area contributed by atoms with E-state index in [-0.39, 0.29) is 12.4 Å². The fourth-order valence-corrected chi connectivity index (χ4v) is 4.66. The molecule has 5 heterocycles. The van der Waals surface area contributed by atoms with Gasteiger partial charge in [-0.1, -0.05) is 6.07 Å². The highest BCUT2D eigenvalue weighted by Gasteiger charge is 2.20. The van der Waals surface area contributed by atoms with Gasteiger partial charge in [0.1, 0.15) is 24.0 Å². The molecular weight excluding hydrogens is 474 g/mol. The molecule has 1 aromatic carbocycles. The number of hydrogen-bond acceptors (Lipinski definition) is 8. The summed E-state index contributed by atoms with van der Waals surface area (Å²) in [6, 6.07) is 15.0. The average Bonchev–Trinajstić information content (AvgIpc) is 3.34. The third-order valence-electron chi connectivity index (χ3n) is 6.61. The van der Waals surface area contributed by atoms with Crippen LogP contribution in [0.4, 0.5) is 17.3 Å². The lowest BCUT2D eigenvalue weighted by Gasteiger charge is -2.35. The fraction of sp³-hybridized carbons (Fsp3) is 0.269. The number of fused-ring (bicyclic) bond motifs is 2. The van der Waals surface area contributed by atoms with Crippen LogP contribution in [-0.2, 0) is 6.42 Å². The van der Waals surface area contributed by atoms with Gasteiger partial charge in [-0.3, -0.25) is 0 Å². The van der Waals surface area contributed by atoms with Crippen molar-refractivity contribution in [2.45, 2.75) is 26.3 Å². The van der Waals surface area contributed by atoms with Crippen LogP contribution in [0.15, 0.2) is 61.3 Å². The van der Waals surface area contributed by atoms with Gasteiger partial charge in [-0.2, -0.15) is 5.10 Å². The molecule has 1 aliphatic heterocycles. The number of pyridine rings is 2. The van der Waals surface area contributed by atoms with Crippen LogP contribution in [0.1, 0.15) is 23.6 Å². The van der Waals surface area contributed by atoms with Gasteiger partial charge in [-0.25, -0.2) is 24.5 Å². The van der Waals surface area contributed by atoms with E-state index in [4.69, 9.17) is 4.98 Å². The van der Waals surface area contributed by atoms with Gasteiger partial charge in [-0.05, 0) is 73.4 Å². The van der Waals surface area contributed by atoms with Gasteiger partial charge in [0.2, 0.25) is 0 Å². The summed E-state index contributed by atoms with van der Waals surface area (Å²) in [7, 11) is 0. The van der Waals surface area contributed by atoms with E-state index in [1.165, 1.54) is 16.7 Å². The summed E-state index contributed by atoms with van der Waals surface area (Å²) in [6.45, 7) is 7.19. The van der Waals surface area contributed by atoms with Crippen LogP contribution < -0.4 is 15.5 Å². The summed E-state index contributed by atoms with van der Waals surface area (Å²) in [5.41, 5.74) is 7.11. The summed E-state index contributed by atoms with van der Waals surface area (Å²) in [6.07, 6.45) is 5.94.